The Bertz CT molecular complexity index is 462. The van der Waals surface area contributed by atoms with Crippen LogP contribution in [0.25, 0.3) is 0 Å². The summed E-state index contributed by atoms with van der Waals surface area (Å²) < 4.78 is 47.4. The molecule has 0 amide bonds. The van der Waals surface area contributed by atoms with Crippen molar-refractivity contribution in [3.63, 3.8) is 0 Å². The minimum atomic E-state index is -3.18. The molecule has 0 aromatic rings. The summed E-state index contributed by atoms with van der Waals surface area (Å²) in [6.07, 6.45) is 1.21. The van der Waals surface area contributed by atoms with Crippen LogP contribution in [0, 0.1) is 0 Å². The van der Waals surface area contributed by atoms with E-state index in [0.717, 1.165) is 0 Å². The first kappa shape index (κ1) is 15.9. The molecule has 1 heterocycles. The summed E-state index contributed by atoms with van der Waals surface area (Å²) in [6, 6.07) is 0. The van der Waals surface area contributed by atoms with Gasteiger partial charge < -0.3 is 0 Å². The van der Waals surface area contributed by atoms with Crippen LogP contribution >= 0.6 is 0 Å². The van der Waals surface area contributed by atoms with E-state index in [1.165, 1.54) is 10.6 Å². The van der Waals surface area contributed by atoms with Gasteiger partial charge in [0.1, 0.15) is 9.84 Å². The van der Waals surface area contributed by atoms with E-state index < -0.39 is 25.1 Å². The van der Waals surface area contributed by atoms with E-state index in [1.54, 1.807) is 13.8 Å². The number of sulfonamides is 1. The van der Waals surface area contributed by atoms with Gasteiger partial charge in [-0.3, -0.25) is 4.90 Å². The first-order valence-corrected chi connectivity index (χ1v) is 9.58. The quantitative estimate of drug-likeness (QED) is 0.677. The summed E-state index contributed by atoms with van der Waals surface area (Å²) in [6.45, 7) is 5.92. The van der Waals surface area contributed by atoms with Crippen molar-refractivity contribution in [3.8, 4) is 0 Å². The van der Waals surface area contributed by atoms with Gasteiger partial charge in [0.25, 0.3) is 0 Å². The Kier molecular flexibility index (Phi) is 5.16. The minimum absolute atomic E-state index is 0.129. The maximum atomic E-state index is 11.9. The summed E-state index contributed by atoms with van der Waals surface area (Å²) in [7, 11) is -6.13. The molecule has 0 spiro atoms. The second kappa shape index (κ2) is 5.85. The van der Waals surface area contributed by atoms with E-state index in [9.17, 15) is 16.8 Å². The minimum Gasteiger partial charge on any atom is -0.300 e. The standard InChI is InChI=1S/C10H22N2O4S2/c1-10(2)18(15,16)12-6-4-11(5-7-12)8-9-17(3,13)14/h10H,4-9H2,1-3H3. The molecule has 8 heteroatoms. The van der Waals surface area contributed by atoms with Crippen LogP contribution < -0.4 is 0 Å². The van der Waals surface area contributed by atoms with Crippen molar-refractivity contribution >= 4 is 19.9 Å². The average Bonchev–Trinajstić information content (AvgIpc) is 2.26. The van der Waals surface area contributed by atoms with Crippen LogP contribution in [0.2, 0.25) is 0 Å². The van der Waals surface area contributed by atoms with Gasteiger partial charge in [-0.2, -0.15) is 4.31 Å². The van der Waals surface area contributed by atoms with Crippen molar-refractivity contribution in [1.29, 1.82) is 0 Å². The Labute approximate surface area is 110 Å². The second-order valence-electron chi connectivity index (χ2n) is 4.96. The van der Waals surface area contributed by atoms with Crippen LogP contribution in [-0.2, 0) is 19.9 Å². The molecule has 0 saturated carbocycles. The van der Waals surface area contributed by atoms with Gasteiger partial charge in [0.2, 0.25) is 10.0 Å². The zero-order chi connectivity index (χ0) is 14.0. The van der Waals surface area contributed by atoms with Gasteiger partial charge in [-0.25, -0.2) is 16.8 Å². The van der Waals surface area contributed by atoms with Gasteiger partial charge in [-0.1, -0.05) is 0 Å². The van der Waals surface area contributed by atoms with Crippen LogP contribution in [-0.4, -0.2) is 76.0 Å². The molecular weight excluding hydrogens is 276 g/mol. The third-order valence-electron chi connectivity index (χ3n) is 3.07. The van der Waals surface area contributed by atoms with Crippen molar-refractivity contribution in [3.05, 3.63) is 0 Å². The molecule has 1 rings (SSSR count). The van der Waals surface area contributed by atoms with Crippen LogP contribution in [0.1, 0.15) is 13.8 Å². The topological polar surface area (TPSA) is 74.8 Å². The third-order valence-corrected chi connectivity index (χ3v) is 6.27. The lowest BCUT2D eigenvalue weighted by Crippen LogP contribution is -2.51. The average molecular weight is 298 g/mol. The molecule has 0 N–H and O–H groups in total. The van der Waals surface area contributed by atoms with E-state index in [4.69, 9.17) is 0 Å². The third kappa shape index (κ3) is 4.49. The second-order valence-corrected chi connectivity index (χ2v) is 9.71. The fraction of sp³-hybridized carbons (Fsp3) is 1.00. The SMILES string of the molecule is CC(C)S(=O)(=O)N1CCN(CCS(C)(=O)=O)CC1. The number of rotatable bonds is 5. The fourth-order valence-electron chi connectivity index (χ4n) is 1.80. The summed E-state index contributed by atoms with van der Waals surface area (Å²) in [5.74, 6) is 0.129. The molecule has 0 bridgehead atoms. The molecule has 0 atom stereocenters. The number of nitrogens with zero attached hydrogens (tertiary/aromatic N) is 2. The first-order valence-electron chi connectivity index (χ1n) is 6.02. The van der Waals surface area contributed by atoms with E-state index in [1.807, 2.05) is 4.90 Å². The van der Waals surface area contributed by atoms with Gasteiger partial charge in [0.05, 0.1) is 11.0 Å². The Morgan fingerprint density at radius 2 is 1.50 bits per heavy atom. The summed E-state index contributed by atoms with van der Waals surface area (Å²) >= 11 is 0. The molecule has 0 unspecified atom stereocenters. The van der Waals surface area contributed by atoms with Crippen molar-refractivity contribution in [2.75, 3.05) is 44.7 Å². The summed E-state index contributed by atoms with van der Waals surface area (Å²) in [4.78, 5) is 1.99. The fourth-order valence-corrected chi connectivity index (χ4v) is 3.66. The zero-order valence-corrected chi connectivity index (χ0v) is 12.8. The van der Waals surface area contributed by atoms with Gasteiger partial charge >= 0.3 is 0 Å². The summed E-state index contributed by atoms with van der Waals surface area (Å²) in [5.41, 5.74) is 0. The van der Waals surface area contributed by atoms with Crippen LogP contribution in [0.4, 0.5) is 0 Å². The highest BCUT2D eigenvalue weighted by Gasteiger charge is 2.29. The highest BCUT2D eigenvalue weighted by Crippen LogP contribution is 2.12. The Hall–Kier alpha value is -0.180. The monoisotopic (exact) mass is 298 g/mol. The molecular formula is C10H22N2O4S2. The van der Waals surface area contributed by atoms with Gasteiger partial charge in [0, 0.05) is 39.0 Å². The van der Waals surface area contributed by atoms with E-state index >= 15 is 0 Å². The Morgan fingerprint density at radius 1 is 1.00 bits per heavy atom. The predicted molar refractivity (Wildman–Crippen MR) is 71.8 cm³/mol. The molecule has 1 saturated heterocycles. The normalized spacial score (nSPS) is 20.4. The predicted octanol–water partition coefficient (Wildman–Crippen LogP) is -0.613. The van der Waals surface area contributed by atoms with Crippen LogP contribution in [0.3, 0.4) is 0 Å². The molecule has 18 heavy (non-hydrogen) atoms. The lowest BCUT2D eigenvalue weighted by atomic mass is 10.4. The van der Waals surface area contributed by atoms with Gasteiger partial charge in [-0.15, -0.1) is 0 Å². The van der Waals surface area contributed by atoms with E-state index in [-0.39, 0.29) is 5.75 Å². The van der Waals surface area contributed by atoms with Crippen molar-refractivity contribution in [2.45, 2.75) is 19.1 Å². The molecule has 108 valence electrons. The van der Waals surface area contributed by atoms with Crippen molar-refractivity contribution in [1.82, 2.24) is 9.21 Å². The number of piperazine rings is 1. The summed E-state index contributed by atoms with van der Waals surface area (Å²) in [5, 5.41) is -0.403. The lowest BCUT2D eigenvalue weighted by molar-refractivity contribution is 0.196. The lowest BCUT2D eigenvalue weighted by Gasteiger charge is -2.34. The molecule has 1 aliphatic heterocycles. The first-order chi connectivity index (χ1) is 8.13. The van der Waals surface area contributed by atoms with E-state index in [2.05, 4.69) is 0 Å². The molecule has 0 aliphatic carbocycles. The van der Waals surface area contributed by atoms with Crippen molar-refractivity contribution < 1.29 is 16.8 Å². The molecule has 0 aromatic carbocycles. The number of sulfone groups is 1. The molecule has 0 radical (unpaired) electrons. The maximum absolute atomic E-state index is 11.9. The van der Waals surface area contributed by atoms with E-state index in [0.29, 0.717) is 32.7 Å². The highest BCUT2D eigenvalue weighted by molar-refractivity contribution is 7.90. The largest absolute Gasteiger partial charge is 0.300 e. The smallest absolute Gasteiger partial charge is 0.216 e. The van der Waals surface area contributed by atoms with Crippen molar-refractivity contribution in [2.24, 2.45) is 0 Å². The Balaban J connectivity index is 2.47. The number of hydrogen-bond acceptors (Lipinski definition) is 5. The molecule has 1 aliphatic rings. The van der Waals surface area contributed by atoms with Gasteiger partial charge in [0.15, 0.2) is 0 Å². The molecule has 6 nitrogen and oxygen atoms in total. The number of hydrogen-bond donors (Lipinski definition) is 0. The Morgan fingerprint density at radius 3 is 1.89 bits per heavy atom. The molecule has 0 aromatic heterocycles. The maximum Gasteiger partial charge on any atom is 0.216 e. The van der Waals surface area contributed by atoms with Crippen LogP contribution in [0.15, 0.2) is 0 Å². The highest BCUT2D eigenvalue weighted by atomic mass is 32.2. The molecule has 1 fully saturated rings. The van der Waals surface area contributed by atoms with Crippen LogP contribution in [0.5, 0.6) is 0 Å². The van der Waals surface area contributed by atoms with Gasteiger partial charge in [-0.05, 0) is 13.8 Å². The zero-order valence-electron chi connectivity index (χ0n) is 11.2.